The molecule has 1 fully saturated rings. The molecule has 1 aliphatic rings. The molecule has 0 aliphatic carbocycles. The first kappa shape index (κ1) is 14.5. The van der Waals surface area contributed by atoms with Crippen molar-refractivity contribution in [1.82, 2.24) is 19.3 Å². The van der Waals surface area contributed by atoms with Gasteiger partial charge in [0, 0.05) is 12.8 Å². The molecule has 2 aromatic heterocycles. The van der Waals surface area contributed by atoms with E-state index in [9.17, 15) is 9.59 Å². The SMILES string of the molecule is COC(=O)c1cn(-c2cnn(C3CCCCO3)c2)c(=O)cn1. The number of aromatic nitrogens is 4. The van der Waals surface area contributed by atoms with Crippen LogP contribution in [0.2, 0.25) is 0 Å². The second kappa shape index (κ2) is 6.10. The van der Waals surface area contributed by atoms with Gasteiger partial charge in [0.05, 0.1) is 31.4 Å². The van der Waals surface area contributed by atoms with Gasteiger partial charge in [-0.2, -0.15) is 5.10 Å². The molecule has 0 radical (unpaired) electrons. The normalized spacial score (nSPS) is 18.1. The maximum absolute atomic E-state index is 11.9. The summed E-state index contributed by atoms with van der Waals surface area (Å²) in [6, 6.07) is 0. The van der Waals surface area contributed by atoms with E-state index in [0.29, 0.717) is 12.3 Å². The van der Waals surface area contributed by atoms with Gasteiger partial charge in [0.25, 0.3) is 5.56 Å². The zero-order valence-corrected chi connectivity index (χ0v) is 12.1. The van der Waals surface area contributed by atoms with E-state index in [1.807, 2.05) is 0 Å². The highest BCUT2D eigenvalue weighted by Gasteiger charge is 2.17. The fourth-order valence-corrected chi connectivity index (χ4v) is 2.36. The zero-order chi connectivity index (χ0) is 15.5. The molecule has 2 aromatic rings. The first-order chi connectivity index (χ1) is 10.7. The molecule has 3 heterocycles. The van der Waals surface area contributed by atoms with Crippen LogP contribution < -0.4 is 5.56 Å². The number of nitrogens with zero attached hydrogens (tertiary/aromatic N) is 4. The molecule has 8 nitrogen and oxygen atoms in total. The number of rotatable bonds is 3. The average molecular weight is 304 g/mol. The van der Waals surface area contributed by atoms with Gasteiger partial charge in [0.15, 0.2) is 5.69 Å². The molecule has 0 amide bonds. The van der Waals surface area contributed by atoms with Gasteiger partial charge in [0.1, 0.15) is 6.23 Å². The van der Waals surface area contributed by atoms with Gasteiger partial charge in [-0.25, -0.2) is 14.5 Å². The van der Waals surface area contributed by atoms with Crippen molar-refractivity contribution >= 4 is 5.97 Å². The van der Waals surface area contributed by atoms with E-state index in [2.05, 4.69) is 14.8 Å². The lowest BCUT2D eigenvalue weighted by atomic mass is 10.2. The van der Waals surface area contributed by atoms with Crippen molar-refractivity contribution < 1.29 is 14.3 Å². The van der Waals surface area contributed by atoms with Gasteiger partial charge in [-0.3, -0.25) is 9.36 Å². The summed E-state index contributed by atoms with van der Waals surface area (Å²) in [6.07, 6.45) is 8.62. The van der Waals surface area contributed by atoms with E-state index in [-0.39, 0.29) is 17.5 Å². The third-order valence-electron chi connectivity index (χ3n) is 3.51. The standard InChI is InChI=1S/C14H16N4O4/c1-21-14(20)11-9-17(12(19)7-15-11)10-6-16-18(8-10)13-4-2-3-5-22-13/h6-9,13H,2-5H2,1H3. The van der Waals surface area contributed by atoms with E-state index < -0.39 is 5.97 Å². The highest BCUT2D eigenvalue weighted by atomic mass is 16.5. The van der Waals surface area contributed by atoms with Gasteiger partial charge in [-0.1, -0.05) is 0 Å². The molecule has 3 rings (SSSR count). The number of esters is 1. The highest BCUT2D eigenvalue weighted by Crippen LogP contribution is 2.22. The number of carbonyl (C=O) groups excluding carboxylic acids is 1. The van der Waals surface area contributed by atoms with Crippen LogP contribution in [0.15, 0.2) is 29.6 Å². The predicted octanol–water partition coefficient (Wildman–Crippen LogP) is 0.915. The Balaban J connectivity index is 1.92. The molecule has 0 aromatic carbocycles. The maximum Gasteiger partial charge on any atom is 0.358 e. The summed E-state index contributed by atoms with van der Waals surface area (Å²) in [4.78, 5) is 27.2. The fraction of sp³-hybridized carbons (Fsp3) is 0.429. The van der Waals surface area contributed by atoms with E-state index >= 15 is 0 Å². The largest absolute Gasteiger partial charge is 0.464 e. The van der Waals surface area contributed by atoms with Gasteiger partial charge in [-0.15, -0.1) is 0 Å². The summed E-state index contributed by atoms with van der Waals surface area (Å²) < 4.78 is 13.3. The summed E-state index contributed by atoms with van der Waals surface area (Å²) in [6.45, 7) is 0.710. The molecule has 0 bridgehead atoms. The topological polar surface area (TPSA) is 88.2 Å². The first-order valence-electron chi connectivity index (χ1n) is 7.02. The molecule has 116 valence electrons. The quantitative estimate of drug-likeness (QED) is 0.783. The minimum atomic E-state index is -0.600. The number of hydrogen-bond donors (Lipinski definition) is 0. The second-order valence-corrected chi connectivity index (χ2v) is 4.97. The minimum Gasteiger partial charge on any atom is -0.464 e. The van der Waals surface area contributed by atoms with Crippen molar-refractivity contribution in [3.63, 3.8) is 0 Å². The smallest absolute Gasteiger partial charge is 0.358 e. The second-order valence-electron chi connectivity index (χ2n) is 4.97. The lowest BCUT2D eigenvalue weighted by Gasteiger charge is -2.22. The van der Waals surface area contributed by atoms with Crippen molar-refractivity contribution in [2.24, 2.45) is 0 Å². The van der Waals surface area contributed by atoms with Gasteiger partial charge in [-0.05, 0) is 19.3 Å². The van der Waals surface area contributed by atoms with Gasteiger partial charge < -0.3 is 9.47 Å². The third-order valence-corrected chi connectivity index (χ3v) is 3.51. The molecule has 1 saturated heterocycles. The Morgan fingerprint density at radius 3 is 2.95 bits per heavy atom. The van der Waals surface area contributed by atoms with Crippen LogP contribution in [-0.4, -0.2) is 39.0 Å². The summed E-state index contributed by atoms with van der Waals surface area (Å²) in [5.41, 5.74) is 0.257. The Morgan fingerprint density at radius 2 is 2.23 bits per heavy atom. The molecule has 0 saturated carbocycles. The predicted molar refractivity (Wildman–Crippen MR) is 75.8 cm³/mol. The molecular weight excluding hydrogens is 288 g/mol. The van der Waals surface area contributed by atoms with Crippen molar-refractivity contribution in [1.29, 1.82) is 0 Å². The van der Waals surface area contributed by atoms with Crippen LogP contribution in [0.5, 0.6) is 0 Å². The first-order valence-corrected chi connectivity index (χ1v) is 7.02. The van der Waals surface area contributed by atoms with Crippen molar-refractivity contribution in [2.75, 3.05) is 13.7 Å². The van der Waals surface area contributed by atoms with E-state index in [0.717, 1.165) is 25.5 Å². The van der Waals surface area contributed by atoms with E-state index in [4.69, 9.17) is 4.74 Å². The molecule has 1 aliphatic heterocycles. The summed E-state index contributed by atoms with van der Waals surface area (Å²) in [7, 11) is 1.26. The lowest BCUT2D eigenvalue weighted by molar-refractivity contribution is -0.0394. The summed E-state index contributed by atoms with van der Waals surface area (Å²) >= 11 is 0. The molecule has 1 unspecified atom stereocenters. The monoisotopic (exact) mass is 304 g/mol. The van der Waals surface area contributed by atoms with Crippen LogP contribution in [0, 0.1) is 0 Å². The van der Waals surface area contributed by atoms with Crippen molar-refractivity contribution in [3.8, 4) is 5.69 Å². The molecule has 8 heteroatoms. The maximum atomic E-state index is 11.9. The molecular formula is C14H16N4O4. The van der Waals surface area contributed by atoms with E-state index in [1.54, 1.807) is 17.1 Å². The Labute approximate surface area is 126 Å². The van der Waals surface area contributed by atoms with Crippen molar-refractivity contribution in [2.45, 2.75) is 25.5 Å². The van der Waals surface area contributed by atoms with Crippen LogP contribution in [0.4, 0.5) is 0 Å². The van der Waals surface area contributed by atoms with Crippen LogP contribution in [0.1, 0.15) is 36.0 Å². The van der Waals surface area contributed by atoms with Crippen molar-refractivity contribution in [3.05, 3.63) is 40.8 Å². The average Bonchev–Trinajstić information content (AvgIpc) is 3.05. The van der Waals surface area contributed by atoms with Gasteiger partial charge in [0.2, 0.25) is 0 Å². The Bertz CT molecular complexity index is 730. The summed E-state index contributed by atoms with van der Waals surface area (Å²) in [5.74, 6) is -0.600. The van der Waals surface area contributed by atoms with E-state index in [1.165, 1.54) is 17.9 Å². The van der Waals surface area contributed by atoms with Gasteiger partial charge >= 0.3 is 5.97 Å². The lowest BCUT2D eigenvalue weighted by Crippen LogP contribution is -2.21. The highest BCUT2D eigenvalue weighted by molar-refractivity contribution is 5.86. The van der Waals surface area contributed by atoms with Crippen LogP contribution >= 0.6 is 0 Å². The van der Waals surface area contributed by atoms with Crippen LogP contribution in [0.25, 0.3) is 5.69 Å². The zero-order valence-electron chi connectivity index (χ0n) is 12.1. The number of methoxy groups -OCH3 is 1. The Morgan fingerprint density at radius 1 is 1.36 bits per heavy atom. The fourth-order valence-electron chi connectivity index (χ4n) is 2.36. The molecule has 22 heavy (non-hydrogen) atoms. The number of hydrogen-bond acceptors (Lipinski definition) is 6. The Hall–Kier alpha value is -2.48. The molecule has 0 spiro atoms. The van der Waals surface area contributed by atoms with Crippen LogP contribution in [-0.2, 0) is 9.47 Å². The number of carbonyl (C=O) groups is 1. The third kappa shape index (κ3) is 2.77. The minimum absolute atomic E-state index is 0.0590. The molecule has 0 N–H and O–H groups in total. The van der Waals surface area contributed by atoms with Crippen LogP contribution in [0.3, 0.4) is 0 Å². The Kier molecular flexibility index (Phi) is 4.01. The number of ether oxygens (including phenoxy) is 2. The summed E-state index contributed by atoms with van der Waals surface area (Å²) in [5, 5.41) is 4.25. The molecule has 1 atom stereocenters.